The maximum absolute atomic E-state index is 11.7. The van der Waals surface area contributed by atoms with E-state index in [1.54, 1.807) is 7.11 Å². The first-order chi connectivity index (χ1) is 7.99. The van der Waals surface area contributed by atoms with Crippen LogP contribution >= 0.6 is 0 Å². The number of halogens is 3. The Bertz CT molecular complexity index is 171. The summed E-state index contributed by atoms with van der Waals surface area (Å²) in [4.78, 5) is 0. The van der Waals surface area contributed by atoms with Gasteiger partial charge in [-0.1, -0.05) is 13.3 Å². The van der Waals surface area contributed by atoms with Crippen LogP contribution in [0.2, 0.25) is 0 Å². The van der Waals surface area contributed by atoms with Crippen LogP contribution in [-0.2, 0) is 9.47 Å². The van der Waals surface area contributed by atoms with Crippen LogP contribution in [0.1, 0.15) is 26.2 Å². The predicted octanol–water partition coefficient (Wildman–Crippen LogP) is 2.36. The van der Waals surface area contributed by atoms with Crippen LogP contribution in [0, 0.1) is 0 Å². The van der Waals surface area contributed by atoms with Crippen molar-refractivity contribution < 1.29 is 22.6 Å². The fourth-order valence-corrected chi connectivity index (χ4v) is 1.46. The SMILES string of the molecule is CCCC(COC)NCCCOCC(F)(F)F. The molecule has 0 aliphatic rings. The smallest absolute Gasteiger partial charge is 0.383 e. The van der Waals surface area contributed by atoms with Gasteiger partial charge in [-0.05, 0) is 19.4 Å². The van der Waals surface area contributed by atoms with Crippen LogP contribution in [0.5, 0.6) is 0 Å². The maximum atomic E-state index is 11.7. The number of nitrogens with one attached hydrogen (secondary N) is 1. The molecule has 0 saturated heterocycles. The molecule has 1 atom stereocenters. The highest BCUT2D eigenvalue weighted by atomic mass is 19.4. The van der Waals surface area contributed by atoms with Gasteiger partial charge in [0.1, 0.15) is 6.61 Å². The van der Waals surface area contributed by atoms with Gasteiger partial charge in [-0.2, -0.15) is 13.2 Å². The molecule has 3 nitrogen and oxygen atoms in total. The first-order valence-electron chi connectivity index (χ1n) is 5.86. The van der Waals surface area contributed by atoms with Crippen molar-refractivity contribution in [2.45, 2.75) is 38.4 Å². The monoisotopic (exact) mass is 257 g/mol. The summed E-state index contributed by atoms with van der Waals surface area (Å²) in [6, 6.07) is 0.271. The van der Waals surface area contributed by atoms with E-state index in [2.05, 4.69) is 17.0 Å². The zero-order chi connectivity index (χ0) is 13.1. The molecule has 0 spiro atoms. The summed E-state index contributed by atoms with van der Waals surface area (Å²) < 4.78 is 44.8. The van der Waals surface area contributed by atoms with Gasteiger partial charge in [-0.3, -0.25) is 0 Å². The molecular weight excluding hydrogens is 235 g/mol. The van der Waals surface area contributed by atoms with E-state index in [0.717, 1.165) is 12.8 Å². The molecule has 104 valence electrons. The van der Waals surface area contributed by atoms with E-state index in [1.807, 2.05) is 0 Å². The molecule has 17 heavy (non-hydrogen) atoms. The van der Waals surface area contributed by atoms with Crippen LogP contribution in [0.4, 0.5) is 13.2 Å². The topological polar surface area (TPSA) is 30.5 Å². The Morgan fingerprint density at radius 3 is 2.53 bits per heavy atom. The van der Waals surface area contributed by atoms with Crippen molar-refractivity contribution in [3.05, 3.63) is 0 Å². The summed E-state index contributed by atoms with van der Waals surface area (Å²) in [6.45, 7) is 2.31. The second kappa shape index (κ2) is 9.67. The van der Waals surface area contributed by atoms with Crippen molar-refractivity contribution >= 4 is 0 Å². The molecular formula is C11H22F3NO2. The summed E-state index contributed by atoms with van der Waals surface area (Å²) in [6.07, 6.45) is -1.61. The first kappa shape index (κ1) is 16.7. The van der Waals surface area contributed by atoms with Crippen molar-refractivity contribution in [1.29, 1.82) is 0 Å². The number of ether oxygens (including phenoxy) is 2. The van der Waals surface area contributed by atoms with Gasteiger partial charge in [-0.25, -0.2) is 0 Å². The Morgan fingerprint density at radius 2 is 2.00 bits per heavy atom. The third kappa shape index (κ3) is 11.9. The molecule has 6 heteroatoms. The quantitative estimate of drug-likeness (QED) is 0.609. The van der Waals surface area contributed by atoms with E-state index in [0.29, 0.717) is 19.6 Å². The minimum Gasteiger partial charge on any atom is -0.383 e. The average Bonchev–Trinajstić information content (AvgIpc) is 2.22. The standard InChI is InChI=1S/C11H22F3NO2/c1-3-5-10(8-16-2)15-6-4-7-17-9-11(12,13)14/h10,15H,3-9H2,1-2H3. The van der Waals surface area contributed by atoms with Gasteiger partial charge >= 0.3 is 6.18 Å². The molecule has 0 saturated carbocycles. The van der Waals surface area contributed by atoms with Gasteiger partial charge in [0, 0.05) is 19.8 Å². The van der Waals surface area contributed by atoms with Crippen LogP contribution in [-0.4, -0.2) is 45.7 Å². The lowest BCUT2D eigenvalue weighted by atomic mass is 10.2. The van der Waals surface area contributed by atoms with Crippen molar-refractivity contribution in [3.63, 3.8) is 0 Å². The first-order valence-corrected chi connectivity index (χ1v) is 5.86. The molecule has 1 unspecified atom stereocenters. The summed E-state index contributed by atoms with van der Waals surface area (Å²) >= 11 is 0. The summed E-state index contributed by atoms with van der Waals surface area (Å²) in [5, 5.41) is 3.23. The highest BCUT2D eigenvalue weighted by molar-refractivity contribution is 4.64. The van der Waals surface area contributed by atoms with E-state index in [1.165, 1.54) is 0 Å². The highest BCUT2D eigenvalue weighted by Gasteiger charge is 2.27. The second-order valence-corrected chi connectivity index (χ2v) is 3.92. The van der Waals surface area contributed by atoms with Gasteiger partial charge in [0.2, 0.25) is 0 Å². The lowest BCUT2D eigenvalue weighted by Gasteiger charge is -2.17. The zero-order valence-electron chi connectivity index (χ0n) is 10.5. The van der Waals surface area contributed by atoms with Crippen LogP contribution in [0.15, 0.2) is 0 Å². The minimum atomic E-state index is -4.23. The predicted molar refractivity (Wildman–Crippen MR) is 60.1 cm³/mol. The van der Waals surface area contributed by atoms with Gasteiger partial charge in [0.05, 0.1) is 6.61 Å². The summed E-state index contributed by atoms with van der Waals surface area (Å²) in [7, 11) is 1.64. The van der Waals surface area contributed by atoms with Gasteiger partial charge < -0.3 is 14.8 Å². The van der Waals surface area contributed by atoms with Crippen molar-refractivity contribution in [1.82, 2.24) is 5.32 Å². The van der Waals surface area contributed by atoms with Crippen LogP contribution in [0.3, 0.4) is 0 Å². The Kier molecular flexibility index (Phi) is 9.49. The third-order valence-corrected chi connectivity index (χ3v) is 2.17. The number of rotatable bonds is 10. The van der Waals surface area contributed by atoms with Crippen molar-refractivity contribution in [2.75, 3.05) is 33.5 Å². The van der Waals surface area contributed by atoms with Crippen molar-refractivity contribution in [3.8, 4) is 0 Å². The third-order valence-electron chi connectivity index (χ3n) is 2.17. The largest absolute Gasteiger partial charge is 0.411 e. The van der Waals surface area contributed by atoms with Crippen LogP contribution < -0.4 is 5.32 Å². The Morgan fingerprint density at radius 1 is 1.29 bits per heavy atom. The number of methoxy groups -OCH3 is 1. The molecule has 0 heterocycles. The number of alkyl halides is 3. The molecule has 0 aliphatic carbocycles. The molecule has 0 fully saturated rings. The molecule has 0 aromatic rings. The fraction of sp³-hybridized carbons (Fsp3) is 1.00. The molecule has 0 radical (unpaired) electrons. The van der Waals surface area contributed by atoms with E-state index in [9.17, 15) is 13.2 Å². The average molecular weight is 257 g/mol. The van der Waals surface area contributed by atoms with E-state index >= 15 is 0 Å². The molecule has 1 N–H and O–H groups in total. The normalized spacial score (nSPS) is 13.9. The molecule has 0 bridgehead atoms. The van der Waals surface area contributed by atoms with E-state index in [4.69, 9.17) is 4.74 Å². The Labute approximate surface area is 101 Å². The van der Waals surface area contributed by atoms with Crippen LogP contribution in [0.25, 0.3) is 0 Å². The van der Waals surface area contributed by atoms with E-state index in [-0.39, 0.29) is 12.6 Å². The second-order valence-electron chi connectivity index (χ2n) is 3.92. The maximum Gasteiger partial charge on any atom is 0.411 e. The van der Waals surface area contributed by atoms with Gasteiger partial charge in [0.15, 0.2) is 0 Å². The minimum absolute atomic E-state index is 0.123. The number of hydrogen-bond donors (Lipinski definition) is 1. The lowest BCUT2D eigenvalue weighted by Crippen LogP contribution is -2.34. The highest BCUT2D eigenvalue weighted by Crippen LogP contribution is 2.14. The fourth-order valence-electron chi connectivity index (χ4n) is 1.46. The molecule has 0 aromatic carbocycles. The summed E-state index contributed by atoms with van der Waals surface area (Å²) in [5.74, 6) is 0. The lowest BCUT2D eigenvalue weighted by molar-refractivity contribution is -0.173. The van der Waals surface area contributed by atoms with Gasteiger partial charge in [-0.15, -0.1) is 0 Å². The Hall–Kier alpha value is -0.330. The summed E-state index contributed by atoms with van der Waals surface area (Å²) in [5.41, 5.74) is 0. The molecule has 0 aromatic heterocycles. The molecule has 0 rings (SSSR count). The molecule has 0 aliphatic heterocycles. The number of hydrogen-bond acceptors (Lipinski definition) is 3. The zero-order valence-corrected chi connectivity index (χ0v) is 10.5. The van der Waals surface area contributed by atoms with Crippen molar-refractivity contribution in [2.24, 2.45) is 0 Å². The van der Waals surface area contributed by atoms with E-state index < -0.39 is 12.8 Å². The molecule has 0 amide bonds. The Balaban J connectivity index is 3.41. The van der Waals surface area contributed by atoms with Gasteiger partial charge in [0.25, 0.3) is 0 Å².